The van der Waals surface area contributed by atoms with Crippen LogP contribution in [0.5, 0.6) is 5.75 Å². The summed E-state index contributed by atoms with van der Waals surface area (Å²) in [7, 11) is 2.17. The normalized spacial score (nSPS) is 19.3. The van der Waals surface area contributed by atoms with E-state index in [1.54, 1.807) is 0 Å². The van der Waals surface area contributed by atoms with Crippen LogP contribution in [-0.4, -0.2) is 37.7 Å². The Hall–Kier alpha value is -1.06. The number of piperidine rings is 1. The van der Waals surface area contributed by atoms with Crippen molar-refractivity contribution in [3.05, 3.63) is 29.8 Å². The Bertz CT molecular complexity index is 369. The first-order valence-corrected chi connectivity index (χ1v) is 7.37. The van der Waals surface area contributed by atoms with Crippen molar-refractivity contribution in [2.45, 2.75) is 38.8 Å². The van der Waals surface area contributed by atoms with E-state index in [0.29, 0.717) is 12.1 Å². The Balaban J connectivity index is 1.88. The lowest BCUT2D eigenvalue weighted by Gasteiger charge is -2.29. The van der Waals surface area contributed by atoms with Gasteiger partial charge in [-0.15, -0.1) is 0 Å². The highest BCUT2D eigenvalue weighted by Crippen LogP contribution is 2.21. The van der Waals surface area contributed by atoms with Gasteiger partial charge in [-0.25, -0.2) is 0 Å². The quantitative estimate of drug-likeness (QED) is 0.883. The first kappa shape index (κ1) is 14.4. The molecule has 1 N–H and O–H groups in total. The van der Waals surface area contributed by atoms with E-state index in [4.69, 9.17) is 4.74 Å². The van der Waals surface area contributed by atoms with Crippen molar-refractivity contribution in [3.8, 4) is 5.75 Å². The third-order valence-electron chi connectivity index (χ3n) is 3.86. The van der Waals surface area contributed by atoms with E-state index in [9.17, 15) is 0 Å². The molecule has 1 saturated heterocycles. The number of ether oxygens (including phenoxy) is 1. The summed E-state index contributed by atoms with van der Waals surface area (Å²) in [6.07, 6.45) is 2.64. The van der Waals surface area contributed by atoms with Crippen LogP contribution in [0.3, 0.4) is 0 Å². The van der Waals surface area contributed by atoms with Crippen LogP contribution in [0.25, 0.3) is 0 Å². The predicted molar refractivity (Wildman–Crippen MR) is 79.7 cm³/mol. The molecule has 1 aliphatic rings. The van der Waals surface area contributed by atoms with Crippen LogP contribution in [0.2, 0.25) is 0 Å². The fraction of sp³-hybridized carbons (Fsp3) is 0.625. The van der Waals surface area contributed by atoms with Crippen molar-refractivity contribution in [2.24, 2.45) is 0 Å². The molecule has 0 saturated carbocycles. The molecule has 0 spiro atoms. The Morgan fingerprint density at radius 3 is 2.47 bits per heavy atom. The third-order valence-corrected chi connectivity index (χ3v) is 3.86. The fourth-order valence-corrected chi connectivity index (χ4v) is 2.55. The third kappa shape index (κ3) is 4.22. The summed E-state index contributed by atoms with van der Waals surface area (Å²) in [6.45, 7) is 7.60. The predicted octanol–water partition coefficient (Wildman–Crippen LogP) is 2.83. The van der Waals surface area contributed by atoms with Gasteiger partial charge in [-0.2, -0.15) is 0 Å². The summed E-state index contributed by atoms with van der Waals surface area (Å²) in [5.74, 6) is 1.00. The minimum absolute atomic E-state index is 0.383. The molecule has 1 aromatic rings. The monoisotopic (exact) mass is 262 g/mol. The fourth-order valence-electron chi connectivity index (χ4n) is 2.55. The molecule has 1 aliphatic heterocycles. The van der Waals surface area contributed by atoms with Crippen molar-refractivity contribution >= 4 is 0 Å². The van der Waals surface area contributed by atoms with Crippen molar-refractivity contribution in [1.29, 1.82) is 0 Å². The zero-order chi connectivity index (χ0) is 13.7. The second-order valence-corrected chi connectivity index (χ2v) is 5.47. The molecule has 0 bridgehead atoms. The molecule has 106 valence electrons. The first-order chi connectivity index (χ1) is 9.19. The van der Waals surface area contributed by atoms with Gasteiger partial charge in [-0.05, 0) is 51.1 Å². The van der Waals surface area contributed by atoms with Gasteiger partial charge in [0.15, 0.2) is 0 Å². The molecule has 1 unspecified atom stereocenters. The van der Waals surface area contributed by atoms with Crippen LogP contribution in [0, 0.1) is 0 Å². The lowest BCUT2D eigenvalue weighted by molar-refractivity contribution is 0.114. The van der Waals surface area contributed by atoms with Crippen LogP contribution in [0.1, 0.15) is 38.3 Å². The highest BCUT2D eigenvalue weighted by molar-refractivity contribution is 5.29. The van der Waals surface area contributed by atoms with Crippen molar-refractivity contribution < 1.29 is 4.74 Å². The highest BCUT2D eigenvalue weighted by atomic mass is 16.5. The number of nitrogens with zero attached hydrogens (tertiary/aromatic N) is 1. The number of hydrogen-bond acceptors (Lipinski definition) is 3. The second-order valence-electron chi connectivity index (χ2n) is 5.47. The van der Waals surface area contributed by atoms with Gasteiger partial charge in [-0.3, -0.25) is 0 Å². The molecular formula is C16H26N2O. The van der Waals surface area contributed by atoms with Gasteiger partial charge in [0.2, 0.25) is 0 Å². The molecule has 1 heterocycles. The van der Waals surface area contributed by atoms with E-state index in [2.05, 4.69) is 55.4 Å². The van der Waals surface area contributed by atoms with Crippen LogP contribution in [0.15, 0.2) is 24.3 Å². The minimum Gasteiger partial charge on any atom is -0.490 e. The standard InChI is InChI=1S/C16H26N2O/c1-4-17-13(2)14-5-7-15(8-6-14)19-16-9-11-18(3)12-10-16/h5-8,13,16-17H,4,9-12H2,1-3H3. The van der Waals surface area contributed by atoms with Crippen LogP contribution < -0.4 is 10.1 Å². The maximum atomic E-state index is 6.05. The van der Waals surface area contributed by atoms with Crippen LogP contribution in [0.4, 0.5) is 0 Å². The summed E-state index contributed by atoms with van der Waals surface area (Å²) < 4.78 is 6.05. The lowest BCUT2D eigenvalue weighted by Crippen LogP contribution is -2.35. The highest BCUT2D eigenvalue weighted by Gasteiger charge is 2.17. The van der Waals surface area contributed by atoms with Gasteiger partial charge in [0.05, 0.1) is 0 Å². The number of hydrogen-bond donors (Lipinski definition) is 1. The Morgan fingerprint density at radius 2 is 1.89 bits per heavy atom. The number of likely N-dealkylation sites (tertiary alicyclic amines) is 1. The van der Waals surface area contributed by atoms with E-state index in [1.165, 1.54) is 5.56 Å². The SMILES string of the molecule is CCNC(C)c1ccc(OC2CCN(C)CC2)cc1. The number of nitrogens with one attached hydrogen (secondary N) is 1. The van der Waals surface area contributed by atoms with Crippen molar-refractivity contribution in [3.63, 3.8) is 0 Å². The molecule has 1 atom stereocenters. The van der Waals surface area contributed by atoms with E-state index >= 15 is 0 Å². The van der Waals surface area contributed by atoms with E-state index < -0.39 is 0 Å². The molecule has 2 rings (SSSR count). The van der Waals surface area contributed by atoms with Gasteiger partial charge in [0.1, 0.15) is 11.9 Å². The maximum absolute atomic E-state index is 6.05. The summed E-state index contributed by atoms with van der Waals surface area (Å²) >= 11 is 0. The molecule has 1 fully saturated rings. The molecule has 0 amide bonds. The summed E-state index contributed by atoms with van der Waals surface area (Å²) in [5, 5.41) is 3.42. The molecule has 1 aromatic carbocycles. The number of rotatable bonds is 5. The van der Waals surface area contributed by atoms with Crippen LogP contribution >= 0.6 is 0 Å². The van der Waals surface area contributed by atoms with Crippen molar-refractivity contribution in [1.82, 2.24) is 10.2 Å². The second kappa shape index (κ2) is 6.92. The average molecular weight is 262 g/mol. The molecule has 0 aliphatic carbocycles. The molecule has 3 heteroatoms. The van der Waals surface area contributed by atoms with E-state index in [1.807, 2.05) is 0 Å². The molecule has 0 aromatic heterocycles. The maximum Gasteiger partial charge on any atom is 0.119 e. The zero-order valence-corrected chi connectivity index (χ0v) is 12.4. The van der Waals surface area contributed by atoms with Gasteiger partial charge in [0, 0.05) is 19.1 Å². The van der Waals surface area contributed by atoms with E-state index in [-0.39, 0.29) is 0 Å². The lowest BCUT2D eigenvalue weighted by atomic mass is 10.1. The zero-order valence-electron chi connectivity index (χ0n) is 12.4. The smallest absolute Gasteiger partial charge is 0.119 e. The van der Waals surface area contributed by atoms with E-state index in [0.717, 1.165) is 38.2 Å². The summed E-state index contributed by atoms with van der Waals surface area (Å²) in [5.41, 5.74) is 1.32. The topological polar surface area (TPSA) is 24.5 Å². The number of benzene rings is 1. The van der Waals surface area contributed by atoms with Gasteiger partial charge >= 0.3 is 0 Å². The van der Waals surface area contributed by atoms with Crippen molar-refractivity contribution in [2.75, 3.05) is 26.7 Å². The summed E-state index contributed by atoms with van der Waals surface area (Å²) in [4.78, 5) is 2.36. The molecular weight excluding hydrogens is 236 g/mol. The van der Waals surface area contributed by atoms with Gasteiger partial charge < -0.3 is 15.0 Å². The molecule has 3 nitrogen and oxygen atoms in total. The molecule has 19 heavy (non-hydrogen) atoms. The molecule has 0 radical (unpaired) electrons. The largest absolute Gasteiger partial charge is 0.490 e. The minimum atomic E-state index is 0.383. The Kier molecular flexibility index (Phi) is 5.23. The Morgan fingerprint density at radius 1 is 1.26 bits per heavy atom. The summed E-state index contributed by atoms with van der Waals surface area (Å²) in [6, 6.07) is 8.93. The first-order valence-electron chi connectivity index (χ1n) is 7.37. The van der Waals surface area contributed by atoms with Crippen LogP contribution in [-0.2, 0) is 0 Å². The van der Waals surface area contributed by atoms with Gasteiger partial charge in [0.25, 0.3) is 0 Å². The average Bonchev–Trinajstić information content (AvgIpc) is 2.42. The Labute approximate surface area is 116 Å². The van der Waals surface area contributed by atoms with Gasteiger partial charge in [-0.1, -0.05) is 19.1 Å².